The van der Waals surface area contributed by atoms with E-state index in [2.05, 4.69) is 44.3 Å². The van der Waals surface area contributed by atoms with Gasteiger partial charge >= 0.3 is 0 Å². The number of hydrogen-bond acceptors (Lipinski definition) is 3. The van der Waals surface area contributed by atoms with E-state index in [0.717, 1.165) is 6.04 Å². The van der Waals surface area contributed by atoms with Gasteiger partial charge in [-0.05, 0) is 33.0 Å². The molecule has 0 atom stereocenters. The fourth-order valence-corrected chi connectivity index (χ4v) is 3.51. The first-order chi connectivity index (χ1) is 7.79. The Hall–Kier alpha value is 0.610. The first-order valence-corrected chi connectivity index (χ1v) is 8.03. The predicted molar refractivity (Wildman–Crippen MR) is 77.4 cm³/mol. The lowest BCUT2D eigenvalue weighted by atomic mass is 10.0. The summed E-state index contributed by atoms with van der Waals surface area (Å²) in [7, 11) is 2.24. The molecule has 0 spiro atoms. The molecule has 0 aliphatic carbocycles. The van der Waals surface area contributed by atoms with Gasteiger partial charge in [-0.1, -0.05) is 22.6 Å². The number of piperidine rings is 1. The van der Waals surface area contributed by atoms with Crippen molar-refractivity contribution in [3.8, 4) is 0 Å². The zero-order chi connectivity index (χ0) is 11.4. The number of rotatable bonds is 3. The Labute approximate surface area is 113 Å². The minimum atomic E-state index is 0.873. The smallest absolute Gasteiger partial charge is 0.0123 e. The molecule has 2 rings (SSSR count). The second-order valence-electron chi connectivity index (χ2n) is 5.10. The molecule has 2 aliphatic rings. The SMILES string of the molecule is CN1CCC(N2CCN(CCI)CC2)CC1. The van der Waals surface area contributed by atoms with E-state index in [0.29, 0.717) is 0 Å². The summed E-state index contributed by atoms with van der Waals surface area (Å²) in [6.07, 6.45) is 2.76. The quantitative estimate of drug-likeness (QED) is 0.565. The molecule has 0 bridgehead atoms. The van der Waals surface area contributed by atoms with Crippen molar-refractivity contribution >= 4 is 22.6 Å². The van der Waals surface area contributed by atoms with Crippen LogP contribution in [0.25, 0.3) is 0 Å². The van der Waals surface area contributed by atoms with Crippen LogP contribution in [0.4, 0.5) is 0 Å². The summed E-state index contributed by atoms with van der Waals surface area (Å²) in [5.41, 5.74) is 0. The molecule has 3 nitrogen and oxygen atoms in total. The fourth-order valence-electron chi connectivity index (χ4n) is 2.83. The third kappa shape index (κ3) is 3.55. The molecular weight excluding hydrogens is 313 g/mol. The van der Waals surface area contributed by atoms with Crippen LogP contribution in [-0.2, 0) is 0 Å². The molecule has 2 fully saturated rings. The number of piperazine rings is 1. The predicted octanol–water partition coefficient (Wildman–Crippen LogP) is 1.13. The first-order valence-electron chi connectivity index (χ1n) is 6.50. The van der Waals surface area contributed by atoms with Gasteiger partial charge in [-0.3, -0.25) is 4.90 Å². The van der Waals surface area contributed by atoms with Gasteiger partial charge in [-0.15, -0.1) is 0 Å². The minimum absolute atomic E-state index is 0.873. The van der Waals surface area contributed by atoms with Gasteiger partial charge in [0.25, 0.3) is 0 Å². The maximum Gasteiger partial charge on any atom is 0.0123 e. The van der Waals surface area contributed by atoms with Gasteiger partial charge in [0.15, 0.2) is 0 Å². The molecular formula is C12H24IN3. The Morgan fingerprint density at radius 2 is 1.62 bits per heavy atom. The van der Waals surface area contributed by atoms with E-state index in [4.69, 9.17) is 0 Å². The molecule has 0 saturated carbocycles. The maximum atomic E-state index is 2.73. The van der Waals surface area contributed by atoms with Crippen LogP contribution in [0, 0.1) is 0 Å². The zero-order valence-corrected chi connectivity index (χ0v) is 12.5. The molecule has 16 heavy (non-hydrogen) atoms. The average Bonchev–Trinajstić information content (AvgIpc) is 2.32. The largest absolute Gasteiger partial charge is 0.306 e. The lowest BCUT2D eigenvalue weighted by molar-refractivity contribution is 0.0674. The molecule has 0 aromatic rings. The Balaban J connectivity index is 1.72. The van der Waals surface area contributed by atoms with E-state index in [-0.39, 0.29) is 0 Å². The normalized spacial score (nSPS) is 27.4. The molecule has 0 N–H and O–H groups in total. The molecule has 2 aliphatic heterocycles. The molecule has 0 amide bonds. The monoisotopic (exact) mass is 337 g/mol. The van der Waals surface area contributed by atoms with Crippen molar-refractivity contribution in [3.05, 3.63) is 0 Å². The topological polar surface area (TPSA) is 9.72 Å². The Kier molecular flexibility index (Phi) is 5.32. The van der Waals surface area contributed by atoms with Gasteiger partial charge < -0.3 is 9.80 Å². The summed E-state index contributed by atoms with van der Waals surface area (Å²) in [6, 6.07) is 0.873. The lowest BCUT2D eigenvalue weighted by Crippen LogP contribution is -2.53. The van der Waals surface area contributed by atoms with Crippen molar-refractivity contribution in [1.29, 1.82) is 0 Å². The lowest BCUT2D eigenvalue weighted by Gasteiger charge is -2.42. The van der Waals surface area contributed by atoms with E-state index in [1.165, 1.54) is 63.1 Å². The number of alkyl halides is 1. The Morgan fingerprint density at radius 1 is 1.00 bits per heavy atom. The van der Waals surface area contributed by atoms with Crippen molar-refractivity contribution in [3.63, 3.8) is 0 Å². The number of nitrogens with zero attached hydrogens (tertiary/aromatic N) is 3. The molecule has 2 heterocycles. The van der Waals surface area contributed by atoms with Crippen molar-refractivity contribution in [2.45, 2.75) is 18.9 Å². The van der Waals surface area contributed by atoms with Gasteiger partial charge in [0.1, 0.15) is 0 Å². The summed E-state index contributed by atoms with van der Waals surface area (Å²) >= 11 is 2.48. The van der Waals surface area contributed by atoms with Crippen LogP contribution in [0.1, 0.15) is 12.8 Å². The summed E-state index contributed by atoms with van der Waals surface area (Å²) in [6.45, 7) is 9.03. The van der Waals surface area contributed by atoms with E-state index in [9.17, 15) is 0 Å². The van der Waals surface area contributed by atoms with Gasteiger partial charge in [0, 0.05) is 43.2 Å². The minimum Gasteiger partial charge on any atom is -0.306 e. The third-order valence-corrected chi connectivity index (χ3v) is 4.49. The average molecular weight is 337 g/mol. The second-order valence-corrected chi connectivity index (χ2v) is 6.18. The van der Waals surface area contributed by atoms with Gasteiger partial charge in [-0.2, -0.15) is 0 Å². The first kappa shape index (κ1) is 13.1. The van der Waals surface area contributed by atoms with Gasteiger partial charge in [0.05, 0.1) is 0 Å². The summed E-state index contributed by atoms with van der Waals surface area (Å²) < 4.78 is 1.27. The highest BCUT2D eigenvalue weighted by Gasteiger charge is 2.25. The van der Waals surface area contributed by atoms with Crippen LogP contribution in [0.5, 0.6) is 0 Å². The Morgan fingerprint density at radius 3 is 2.19 bits per heavy atom. The highest BCUT2D eigenvalue weighted by atomic mass is 127. The van der Waals surface area contributed by atoms with Crippen molar-refractivity contribution in [2.24, 2.45) is 0 Å². The maximum absolute atomic E-state index is 2.73. The summed E-state index contributed by atoms with van der Waals surface area (Å²) in [5, 5.41) is 0. The molecule has 0 radical (unpaired) electrons. The molecule has 0 aromatic carbocycles. The van der Waals surface area contributed by atoms with E-state index < -0.39 is 0 Å². The fraction of sp³-hybridized carbons (Fsp3) is 1.00. The van der Waals surface area contributed by atoms with Crippen LogP contribution >= 0.6 is 22.6 Å². The number of hydrogen-bond donors (Lipinski definition) is 0. The standard InChI is InChI=1S/C12H24IN3/c1-14-5-2-12(3-6-14)16-10-8-15(7-4-13)9-11-16/h12H,2-11H2,1H3. The summed E-state index contributed by atoms with van der Waals surface area (Å²) in [4.78, 5) is 7.80. The van der Waals surface area contributed by atoms with Gasteiger partial charge in [0.2, 0.25) is 0 Å². The molecule has 94 valence electrons. The van der Waals surface area contributed by atoms with E-state index >= 15 is 0 Å². The third-order valence-electron chi connectivity index (χ3n) is 4.01. The highest BCUT2D eigenvalue weighted by molar-refractivity contribution is 14.1. The van der Waals surface area contributed by atoms with Crippen molar-refractivity contribution in [1.82, 2.24) is 14.7 Å². The van der Waals surface area contributed by atoms with Crippen LogP contribution < -0.4 is 0 Å². The molecule has 0 aromatic heterocycles. The Bertz CT molecular complexity index is 196. The molecule has 4 heteroatoms. The van der Waals surface area contributed by atoms with Crippen molar-refractivity contribution < 1.29 is 0 Å². The highest BCUT2D eigenvalue weighted by Crippen LogP contribution is 2.17. The molecule has 2 saturated heterocycles. The zero-order valence-electron chi connectivity index (χ0n) is 10.4. The van der Waals surface area contributed by atoms with Crippen LogP contribution in [0.3, 0.4) is 0 Å². The van der Waals surface area contributed by atoms with Crippen LogP contribution in [-0.4, -0.2) is 78.0 Å². The number of likely N-dealkylation sites (tertiary alicyclic amines) is 1. The molecule has 0 unspecified atom stereocenters. The number of halogens is 1. The van der Waals surface area contributed by atoms with E-state index in [1.54, 1.807) is 0 Å². The van der Waals surface area contributed by atoms with Gasteiger partial charge in [-0.25, -0.2) is 0 Å². The van der Waals surface area contributed by atoms with Crippen LogP contribution in [0.2, 0.25) is 0 Å². The second kappa shape index (κ2) is 6.52. The van der Waals surface area contributed by atoms with E-state index in [1.807, 2.05) is 0 Å². The summed E-state index contributed by atoms with van der Waals surface area (Å²) in [5.74, 6) is 0. The van der Waals surface area contributed by atoms with Crippen molar-refractivity contribution in [2.75, 3.05) is 57.3 Å². The van der Waals surface area contributed by atoms with Crippen LogP contribution in [0.15, 0.2) is 0 Å².